The zero-order chi connectivity index (χ0) is 19.5. The summed E-state index contributed by atoms with van der Waals surface area (Å²) in [5, 5.41) is 0. The highest BCUT2D eigenvalue weighted by molar-refractivity contribution is 5.83. The molecule has 1 aromatic rings. The van der Waals surface area contributed by atoms with E-state index in [2.05, 4.69) is 0 Å². The van der Waals surface area contributed by atoms with Crippen molar-refractivity contribution in [3.05, 3.63) is 35.6 Å². The second kappa shape index (κ2) is 8.60. The topological polar surface area (TPSA) is 49.9 Å². The summed E-state index contributed by atoms with van der Waals surface area (Å²) in [5.74, 6) is -0.224. The van der Waals surface area contributed by atoms with Crippen LogP contribution in [0.15, 0.2) is 24.3 Å². The second-order valence-electron chi connectivity index (χ2n) is 8.23. The number of carbonyl (C=O) groups excluding carboxylic acids is 2. The van der Waals surface area contributed by atoms with Gasteiger partial charge in [0.1, 0.15) is 11.9 Å². The van der Waals surface area contributed by atoms with Crippen LogP contribution in [0.5, 0.6) is 0 Å². The summed E-state index contributed by atoms with van der Waals surface area (Å²) in [5.41, 5.74) is 0.439. The Balaban J connectivity index is 1.24. The Bertz CT molecular complexity index is 711. The Hall–Kier alpha value is -1.95. The van der Waals surface area contributed by atoms with Crippen molar-refractivity contribution in [2.75, 3.05) is 19.6 Å². The Labute approximate surface area is 165 Å². The summed E-state index contributed by atoms with van der Waals surface area (Å²) in [6, 6.07) is 6.84. The first-order chi connectivity index (χ1) is 13.6. The van der Waals surface area contributed by atoms with Crippen molar-refractivity contribution in [1.29, 1.82) is 0 Å². The predicted molar refractivity (Wildman–Crippen MR) is 103 cm³/mol. The van der Waals surface area contributed by atoms with E-state index in [1.54, 1.807) is 23.1 Å². The van der Waals surface area contributed by atoms with Crippen molar-refractivity contribution in [2.45, 2.75) is 69.6 Å². The van der Waals surface area contributed by atoms with E-state index in [1.807, 2.05) is 4.90 Å². The zero-order valence-corrected chi connectivity index (χ0v) is 16.3. The molecule has 0 radical (unpaired) electrons. The maximum Gasteiger partial charge on any atom is 0.252 e. The quantitative estimate of drug-likeness (QED) is 0.779. The lowest BCUT2D eigenvalue weighted by molar-refractivity contribution is -0.146. The zero-order valence-electron chi connectivity index (χ0n) is 16.3. The van der Waals surface area contributed by atoms with Crippen LogP contribution >= 0.6 is 0 Å². The first-order valence-corrected chi connectivity index (χ1v) is 10.6. The molecule has 0 N–H and O–H groups in total. The summed E-state index contributed by atoms with van der Waals surface area (Å²) < 4.78 is 19.9. The van der Waals surface area contributed by atoms with E-state index in [4.69, 9.17) is 4.74 Å². The van der Waals surface area contributed by atoms with Gasteiger partial charge in [-0.3, -0.25) is 9.59 Å². The van der Waals surface area contributed by atoms with E-state index in [1.165, 1.54) is 18.9 Å². The molecule has 0 spiro atoms. The Kier molecular flexibility index (Phi) is 5.95. The van der Waals surface area contributed by atoms with Gasteiger partial charge in [0.2, 0.25) is 5.91 Å². The van der Waals surface area contributed by atoms with Gasteiger partial charge in [-0.15, -0.1) is 0 Å². The van der Waals surface area contributed by atoms with Gasteiger partial charge < -0.3 is 14.5 Å². The third-order valence-corrected chi connectivity index (χ3v) is 6.41. The molecular formula is C22H29FN2O3. The Morgan fingerprint density at radius 3 is 2.46 bits per heavy atom. The molecule has 3 aliphatic rings. The number of hydrogen-bond donors (Lipinski definition) is 0. The largest absolute Gasteiger partial charge is 0.365 e. The van der Waals surface area contributed by atoms with Gasteiger partial charge in [0.25, 0.3) is 5.91 Å². The maximum absolute atomic E-state index is 13.8. The third-order valence-electron chi connectivity index (χ3n) is 6.41. The molecule has 6 heteroatoms. The Morgan fingerprint density at radius 1 is 1.04 bits per heavy atom. The van der Waals surface area contributed by atoms with E-state index < -0.39 is 0 Å². The van der Waals surface area contributed by atoms with Crippen molar-refractivity contribution >= 4 is 11.8 Å². The molecule has 1 atom stereocenters. The van der Waals surface area contributed by atoms with Crippen molar-refractivity contribution in [2.24, 2.45) is 0 Å². The number of ether oxygens (including phenoxy) is 1. The van der Waals surface area contributed by atoms with Gasteiger partial charge in [-0.05, 0) is 37.3 Å². The average Bonchev–Trinajstić information content (AvgIpc) is 3.35. The minimum Gasteiger partial charge on any atom is -0.365 e. The van der Waals surface area contributed by atoms with E-state index >= 15 is 0 Å². The molecule has 152 valence electrons. The van der Waals surface area contributed by atoms with Crippen LogP contribution in [0.25, 0.3) is 0 Å². The summed E-state index contributed by atoms with van der Waals surface area (Å²) in [4.78, 5) is 29.0. The maximum atomic E-state index is 13.8. The summed E-state index contributed by atoms with van der Waals surface area (Å²) in [6.45, 7) is 2.02. The molecule has 1 aromatic carbocycles. The van der Waals surface area contributed by atoms with Crippen LogP contribution in [0.2, 0.25) is 0 Å². The van der Waals surface area contributed by atoms with E-state index in [0.717, 1.165) is 38.6 Å². The molecular weight excluding hydrogens is 359 g/mol. The molecule has 5 nitrogen and oxygen atoms in total. The standard InChI is InChI=1S/C22H29FN2O3/c23-19-8-4-1-5-16(19)15-21(26)24-12-9-18(10-13-24)28-20-11-14-25(22(20)27)17-6-2-3-7-17/h1,4-5,8,17-18,20H,2-3,6-7,9-15H2. The van der Waals surface area contributed by atoms with Gasteiger partial charge >= 0.3 is 0 Å². The van der Waals surface area contributed by atoms with Crippen LogP contribution < -0.4 is 0 Å². The molecule has 0 aromatic heterocycles. The van der Waals surface area contributed by atoms with Gasteiger partial charge in [-0.1, -0.05) is 31.0 Å². The van der Waals surface area contributed by atoms with Crippen LogP contribution in [0, 0.1) is 5.82 Å². The highest BCUT2D eigenvalue weighted by atomic mass is 19.1. The lowest BCUT2D eigenvalue weighted by Crippen LogP contribution is -2.44. The van der Waals surface area contributed by atoms with Crippen LogP contribution in [0.1, 0.15) is 50.5 Å². The molecule has 4 rings (SSSR count). The van der Waals surface area contributed by atoms with Crippen molar-refractivity contribution in [1.82, 2.24) is 9.80 Å². The number of hydrogen-bond acceptors (Lipinski definition) is 3. The SMILES string of the molecule is O=C(Cc1ccccc1F)N1CCC(OC2CCN(C3CCCC3)C2=O)CC1. The van der Waals surface area contributed by atoms with Gasteiger partial charge in [0.15, 0.2) is 0 Å². The molecule has 0 bridgehead atoms. The molecule has 2 heterocycles. The fourth-order valence-electron chi connectivity index (χ4n) is 4.77. The number of likely N-dealkylation sites (tertiary alicyclic amines) is 2. The molecule has 3 fully saturated rings. The number of carbonyl (C=O) groups is 2. The van der Waals surface area contributed by atoms with Crippen LogP contribution in [0.3, 0.4) is 0 Å². The van der Waals surface area contributed by atoms with E-state index in [-0.39, 0.29) is 36.3 Å². The highest BCUT2D eigenvalue weighted by Gasteiger charge is 2.39. The molecule has 2 amide bonds. The van der Waals surface area contributed by atoms with E-state index in [9.17, 15) is 14.0 Å². The monoisotopic (exact) mass is 388 g/mol. The lowest BCUT2D eigenvalue weighted by Gasteiger charge is -2.33. The lowest BCUT2D eigenvalue weighted by atomic mass is 10.1. The number of rotatable bonds is 5. The second-order valence-corrected chi connectivity index (χ2v) is 8.23. The highest BCUT2D eigenvalue weighted by Crippen LogP contribution is 2.29. The summed E-state index contributed by atoms with van der Waals surface area (Å²) in [7, 11) is 0. The number of halogens is 1. The van der Waals surface area contributed by atoms with Crippen LogP contribution in [0.4, 0.5) is 4.39 Å². The fourth-order valence-corrected chi connectivity index (χ4v) is 4.77. The predicted octanol–water partition coefficient (Wildman–Crippen LogP) is 2.92. The van der Waals surface area contributed by atoms with Gasteiger partial charge in [0.05, 0.1) is 12.5 Å². The van der Waals surface area contributed by atoms with E-state index in [0.29, 0.717) is 24.7 Å². The summed E-state index contributed by atoms with van der Waals surface area (Å²) in [6.07, 6.45) is 6.74. The van der Waals surface area contributed by atoms with Crippen molar-refractivity contribution in [3.63, 3.8) is 0 Å². The molecule has 1 saturated carbocycles. The molecule has 2 saturated heterocycles. The molecule has 28 heavy (non-hydrogen) atoms. The first kappa shape index (κ1) is 19.4. The first-order valence-electron chi connectivity index (χ1n) is 10.6. The minimum absolute atomic E-state index is 0.0231. The number of nitrogens with zero attached hydrogens (tertiary/aromatic N) is 2. The molecule has 2 aliphatic heterocycles. The fraction of sp³-hybridized carbons (Fsp3) is 0.636. The number of amides is 2. The van der Waals surface area contributed by atoms with Crippen molar-refractivity contribution < 1.29 is 18.7 Å². The number of piperidine rings is 1. The Morgan fingerprint density at radius 2 is 1.75 bits per heavy atom. The molecule has 1 aliphatic carbocycles. The minimum atomic E-state index is -0.333. The smallest absolute Gasteiger partial charge is 0.252 e. The molecule has 1 unspecified atom stereocenters. The van der Waals surface area contributed by atoms with Crippen LogP contribution in [-0.2, 0) is 20.7 Å². The van der Waals surface area contributed by atoms with Gasteiger partial charge in [0, 0.05) is 32.1 Å². The van der Waals surface area contributed by atoms with Crippen LogP contribution in [-0.4, -0.2) is 59.5 Å². The average molecular weight is 388 g/mol. The third kappa shape index (κ3) is 4.22. The van der Waals surface area contributed by atoms with Gasteiger partial charge in [-0.25, -0.2) is 4.39 Å². The van der Waals surface area contributed by atoms with Gasteiger partial charge in [-0.2, -0.15) is 0 Å². The number of benzene rings is 1. The van der Waals surface area contributed by atoms with Crippen molar-refractivity contribution in [3.8, 4) is 0 Å². The summed E-state index contributed by atoms with van der Waals surface area (Å²) >= 11 is 0. The normalized spacial score (nSPS) is 24.3.